The van der Waals surface area contributed by atoms with Gasteiger partial charge < -0.3 is 5.11 Å². The molecule has 0 fully saturated rings. The van der Waals surface area contributed by atoms with E-state index in [0.29, 0.717) is 0 Å². The van der Waals surface area contributed by atoms with Crippen molar-refractivity contribution >= 4 is 5.97 Å². The first-order chi connectivity index (χ1) is 9.46. The van der Waals surface area contributed by atoms with Gasteiger partial charge in [0, 0.05) is 4.91 Å². The van der Waals surface area contributed by atoms with E-state index in [1.807, 2.05) is 0 Å². The lowest BCUT2D eigenvalue weighted by atomic mass is 10.00. The van der Waals surface area contributed by atoms with Crippen molar-refractivity contribution in [3.63, 3.8) is 0 Å². The topological polar surface area (TPSA) is 86.1 Å². The SMILES string of the molecule is [N-]=[N+]=NC(C(=O)O)c1cc(C(F)(F)F)cc(C(F)(F)F)c1. The van der Waals surface area contributed by atoms with E-state index >= 15 is 0 Å². The lowest BCUT2D eigenvalue weighted by molar-refractivity contribution is -0.144. The standard InChI is InChI=1S/C10H5F6N3O2/c11-9(12,13)5-1-4(7(8(20)21)18-19-17)2-6(3-5)10(14,15)16/h1-3,7H,(H,20,21). The van der Waals surface area contributed by atoms with Crippen LogP contribution in [0.4, 0.5) is 26.3 Å². The van der Waals surface area contributed by atoms with Gasteiger partial charge in [0.2, 0.25) is 0 Å². The first-order valence-corrected chi connectivity index (χ1v) is 5.03. The average molecular weight is 313 g/mol. The number of hydrogen-bond acceptors (Lipinski definition) is 2. The Hall–Kier alpha value is -2.42. The number of alkyl halides is 6. The van der Waals surface area contributed by atoms with Crippen LogP contribution in [0.15, 0.2) is 23.3 Å². The number of halogens is 6. The Bertz CT molecular complexity index is 570. The summed E-state index contributed by atoms with van der Waals surface area (Å²) < 4.78 is 75.4. The lowest BCUT2D eigenvalue weighted by Gasteiger charge is -2.15. The fraction of sp³-hybridized carbons (Fsp3) is 0.300. The third-order valence-corrected chi connectivity index (χ3v) is 2.33. The molecule has 1 unspecified atom stereocenters. The molecule has 0 aliphatic rings. The first-order valence-electron chi connectivity index (χ1n) is 5.03. The highest BCUT2D eigenvalue weighted by Gasteiger charge is 2.38. The first kappa shape index (κ1) is 16.6. The number of azide groups is 1. The monoisotopic (exact) mass is 313 g/mol. The van der Waals surface area contributed by atoms with E-state index < -0.39 is 41.1 Å². The number of benzene rings is 1. The van der Waals surface area contributed by atoms with Gasteiger partial charge in [0.25, 0.3) is 0 Å². The van der Waals surface area contributed by atoms with Crippen molar-refractivity contribution in [2.45, 2.75) is 18.4 Å². The van der Waals surface area contributed by atoms with Crippen molar-refractivity contribution in [1.29, 1.82) is 0 Å². The molecule has 0 saturated carbocycles. The van der Waals surface area contributed by atoms with Crippen LogP contribution in [-0.2, 0) is 17.1 Å². The molecular weight excluding hydrogens is 308 g/mol. The minimum atomic E-state index is -5.12. The van der Waals surface area contributed by atoms with Crippen molar-refractivity contribution in [2.24, 2.45) is 5.11 Å². The van der Waals surface area contributed by atoms with Crippen LogP contribution in [-0.4, -0.2) is 11.1 Å². The van der Waals surface area contributed by atoms with E-state index in [9.17, 15) is 31.1 Å². The van der Waals surface area contributed by atoms with Crippen molar-refractivity contribution in [3.8, 4) is 0 Å². The van der Waals surface area contributed by atoms with Gasteiger partial charge in [0.1, 0.15) is 0 Å². The summed E-state index contributed by atoms with van der Waals surface area (Å²) in [6.07, 6.45) is -10.2. The van der Waals surface area contributed by atoms with Crippen LogP contribution in [0.2, 0.25) is 0 Å². The summed E-state index contributed by atoms with van der Waals surface area (Å²) in [4.78, 5) is 12.9. The predicted octanol–water partition coefficient (Wildman–Crippen LogP) is 4.16. The van der Waals surface area contributed by atoms with Gasteiger partial charge in [-0.05, 0) is 29.3 Å². The summed E-state index contributed by atoms with van der Waals surface area (Å²) in [6.45, 7) is 0. The van der Waals surface area contributed by atoms with E-state index in [-0.39, 0.29) is 18.2 Å². The Morgan fingerprint density at radius 1 is 1.10 bits per heavy atom. The molecule has 1 rings (SSSR count). The van der Waals surface area contributed by atoms with E-state index in [1.54, 1.807) is 0 Å². The smallest absolute Gasteiger partial charge is 0.416 e. The minimum absolute atomic E-state index is 0.154. The molecule has 0 spiro atoms. The highest BCUT2D eigenvalue weighted by atomic mass is 19.4. The molecule has 21 heavy (non-hydrogen) atoms. The summed E-state index contributed by atoms with van der Waals surface area (Å²) in [5.74, 6) is -1.87. The Kier molecular flexibility index (Phi) is 4.37. The van der Waals surface area contributed by atoms with E-state index in [4.69, 9.17) is 10.6 Å². The fourth-order valence-electron chi connectivity index (χ4n) is 1.45. The van der Waals surface area contributed by atoms with Gasteiger partial charge in [-0.1, -0.05) is 5.11 Å². The van der Waals surface area contributed by atoms with Crippen LogP contribution in [0, 0.1) is 0 Å². The number of hydrogen-bond donors (Lipinski definition) is 1. The van der Waals surface area contributed by atoms with Gasteiger partial charge in [0.05, 0.1) is 11.1 Å². The Labute approximate surface area is 112 Å². The predicted molar refractivity (Wildman–Crippen MR) is 56.0 cm³/mol. The van der Waals surface area contributed by atoms with Gasteiger partial charge in [-0.2, -0.15) is 26.3 Å². The summed E-state index contributed by atoms with van der Waals surface area (Å²) >= 11 is 0. The molecule has 1 aromatic carbocycles. The zero-order valence-electron chi connectivity index (χ0n) is 9.77. The zero-order valence-corrected chi connectivity index (χ0v) is 9.77. The third-order valence-electron chi connectivity index (χ3n) is 2.33. The van der Waals surface area contributed by atoms with Crippen LogP contribution in [0.1, 0.15) is 22.7 Å². The molecule has 0 heterocycles. The van der Waals surface area contributed by atoms with E-state index in [0.717, 1.165) is 0 Å². The van der Waals surface area contributed by atoms with Crippen molar-refractivity contribution in [2.75, 3.05) is 0 Å². The number of nitrogens with zero attached hydrogens (tertiary/aromatic N) is 3. The molecule has 1 atom stereocenters. The molecule has 0 aliphatic heterocycles. The van der Waals surface area contributed by atoms with Gasteiger partial charge in [-0.15, -0.1) is 0 Å². The Morgan fingerprint density at radius 2 is 1.52 bits per heavy atom. The number of carbonyl (C=O) groups is 1. The second-order valence-corrected chi connectivity index (χ2v) is 3.78. The summed E-state index contributed by atoms with van der Waals surface area (Å²) in [6, 6.07) is -1.96. The molecule has 0 bridgehead atoms. The average Bonchev–Trinajstić information content (AvgIpc) is 2.32. The molecule has 1 aromatic rings. The van der Waals surface area contributed by atoms with Crippen LogP contribution in [0.25, 0.3) is 10.4 Å². The maximum atomic E-state index is 12.6. The van der Waals surface area contributed by atoms with Crippen molar-refractivity contribution < 1.29 is 36.2 Å². The number of carboxylic acids is 1. The van der Waals surface area contributed by atoms with Crippen LogP contribution in [0.3, 0.4) is 0 Å². The van der Waals surface area contributed by atoms with Gasteiger partial charge in [-0.25, -0.2) is 0 Å². The summed E-state index contributed by atoms with van der Waals surface area (Å²) in [5.41, 5.74) is 3.86. The second kappa shape index (κ2) is 5.52. The summed E-state index contributed by atoms with van der Waals surface area (Å²) in [5, 5.41) is 11.4. The van der Waals surface area contributed by atoms with Gasteiger partial charge >= 0.3 is 18.3 Å². The van der Waals surface area contributed by atoms with E-state index in [2.05, 4.69) is 10.0 Å². The third kappa shape index (κ3) is 4.02. The second-order valence-electron chi connectivity index (χ2n) is 3.78. The molecule has 5 nitrogen and oxygen atoms in total. The minimum Gasteiger partial charge on any atom is -0.481 e. The maximum Gasteiger partial charge on any atom is 0.416 e. The fourth-order valence-corrected chi connectivity index (χ4v) is 1.45. The van der Waals surface area contributed by atoms with E-state index in [1.165, 1.54) is 0 Å². The van der Waals surface area contributed by atoms with Crippen molar-refractivity contribution in [1.82, 2.24) is 0 Å². The normalized spacial score (nSPS) is 13.4. The Morgan fingerprint density at radius 3 is 1.81 bits per heavy atom. The molecule has 0 amide bonds. The number of rotatable bonds is 3. The van der Waals surface area contributed by atoms with Gasteiger partial charge in [0.15, 0.2) is 6.04 Å². The molecule has 11 heteroatoms. The molecule has 0 saturated heterocycles. The molecule has 0 radical (unpaired) electrons. The lowest BCUT2D eigenvalue weighted by Crippen LogP contribution is -2.15. The van der Waals surface area contributed by atoms with Crippen LogP contribution in [0.5, 0.6) is 0 Å². The number of aliphatic carboxylic acids is 1. The van der Waals surface area contributed by atoms with Crippen molar-refractivity contribution in [3.05, 3.63) is 45.3 Å². The Balaban J connectivity index is 3.58. The highest BCUT2D eigenvalue weighted by molar-refractivity contribution is 5.76. The quantitative estimate of drug-likeness (QED) is 0.393. The van der Waals surface area contributed by atoms with Crippen LogP contribution >= 0.6 is 0 Å². The van der Waals surface area contributed by atoms with Gasteiger partial charge in [-0.3, -0.25) is 4.79 Å². The largest absolute Gasteiger partial charge is 0.481 e. The molecule has 1 N–H and O–H groups in total. The molecule has 114 valence electrons. The summed E-state index contributed by atoms with van der Waals surface area (Å²) in [7, 11) is 0. The highest BCUT2D eigenvalue weighted by Crippen LogP contribution is 2.38. The maximum absolute atomic E-state index is 12.6. The molecule has 0 aromatic heterocycles. The molecule has 0 aliphatic carbocycles. The van der Waals surface area contributed by atoms with Crippen LogP contribution < -0.4 is 0 Å². The number of carboxylic acid groups (broad SMARTS) is 1. The molecular formula is C10H5F6N3O2. The zero-order chi connectivity index (χ0) is 16.4.